The van der Waals surface area contributed by atoms with E-state index >= 15 is 0 Å². The van der Waals surface area contributed by atoms with E-state index in [9.17, 15) is 14.0 Å². The van der Waals surface area contributed by atoms with Gasteiger partial charge in [-0.3, -0.25) is 9.97 Å². The fraction of sp³-hybridized carbons (Fsp3) is 0.200. The van der Waals surface area contributed by atoms with Crippen LogP contribution >= 0.6 is 0 Å². The van der Waals surface area contributed by atoms with Crippen LogP contribution < -0.4 is 22.8 Å². The summed E-state index contributed by atoms with van der Waals surface area (Å²) in [5, 5.41) is 0. The lowest BCUT2D eigenvalue weighted by Gasteiger charge is -1.89. The minimum Gasteiger partial charge on any atom is -0.385 e. The summed E-state index contributed by atoms with van der Waals surface area (Å²) < 4.78 is 12.1. The Balaban J connectivity index is 0. The number of halogens is 1. The average molecular weight is 272 g/mol. The standard InChI is InChI=1S/C4H4FN3O.C4H5N3O.2CH4/c5-2-1-7-4(9)8-3(2)6;5-3-1-2-6-4(8)7-3;;/h1H,(H3,6,7,8,9);1-2H,(H3,5,6,7,8);2*1H4. The summed E-state index contributed by atoms with van der Waals surface area (Å²) in [6.45, 7) is 0. The lowest BCUT2D eigenvalue weighted by atomic mass is 10.6. The van der Waals surface area contributed by atoms with Crippen LogP contribution in [0.1, 0.15) is 14.9 Å². The summed E-state index contributed by atoms with van der Waals surface area (Å²) in [4.78, 5) is 31.2. The number of nitrogen functional groups attached to an aromatic ring is 2. The largest absolute Gasteiger partial charge is 0.385 e. The third-order valence-corrected chi connectivity index (χ3v) is 1.49. The van der Waals surface area contributed by atoms with Crippen molar-refractivity contribution in [1.29, 1.82) is 0 Å². The smallest absolute Gasteiger partial charge is 0.346 e. The Hall–Kier alpha value is -2.71. The molecule has 2 heterocycles. The second-order valence-corrected chi connectivity index (χ2v) is 2.78. The predicted molar refractivity (Wildman–Crippen MR) is 72.0 cm³/mol. The van der Waals surface area contributed by atoms with Crippen LogP contribution in [0.15, 0.2) is 28.0 Å². The van der Waals surface area contributed by atoms with Gasteiger partial charge in [0.25, 0.3) is 0 Å². The first-order valence-corrected chi connectivity index (χ1v) is 4.30. The molecule has 9 heteroatoms. The second kappa shape index (κ2) is 8.39. The number of aromatic nitrogens is 4. The van der Waals surface area contributed by atoms with Crippen molar-refractivity contribution in [3.05, 3.63) is 45.2 Å². The third kappa shape index (κ3) is 6.56. The molecule has 0 atom stereocenters. The van der Waals surface area contributed by atoms with Crippen molar-refractivity contribution in [1.82, 2.24) is 19.9 Å². The normalized spacial score (nSPS) is 8.26. The molecule has 0 bridgehead atoms. The van der Waals surface area contributed by atoms with Crippen molar-refractivity contribution < 1.29 is 4.39 Å². The van der Waals surface area contributed by atoms with Crippen LogP contribution in [0.4, 0.5) is 16.0 Å². The number of anilines is 2. The monoisotopic (exact) mass is 272 g/mol. The van der Waals surface area contributed by atoms with E-state index in [1.165, 1.54) is 12.3 Å². The van der Waals surface area contributed by atoms with E-state index in [1.54, 1.807) is 0 Å². The van der Waals surface area contributed by atoms with Crippen molar-refractivity contribution in [3.63, 3.8) is 0 Å². The zero-order chi connectivity index (χ0) is 12.8. The summed E-state index contributed by atoms with van der Waals surface area (Å²) in [6.07, 6.45) is 2.13. The minimum atomic E-state index is -0.713. The number of rotatable bonds is 0. The molecule has 6 N–H and O–H groups in total. The van der Waals surface area contributed by atoms with Gasteiger partial charge in [-0.2, -0.15) is 4.98 Å². The van der Waals surface area contributed by atoms with Crippen molar-refractivity contribution in [2.24, 2.45) is 0 Å². The number of aromatic amines is 2. The summed E-state index contributed by atoms with van der Waals surface area (Å²) in [5.41, 5.74) is 9.06. The average Bonchev–Trinajstić information content (AvgIpc) is 2.24. The summed E-state index contributed by atoms with van der Waals surface area (Å²) in [7, 11) is 0. The molecular formula is C10H17FN6O2. The molecule has 0 radical (unpaired) electrons. The van der Waals surface area contributed by atoms with Gasteiger partial charge in [-0.05, 0) is 6.07 Å². The van der Waals surface area contributed by atoms with Gasteiger partial charge in [0.1, 0.15) is 11.6 Å². The van der Waals surface area contributed by atoms with Crippen LogP contribution in [-0.4, -0.2) is 19.9 Å². The Bertz CT molecular complexity index is 609. The zero-order valence-corrected chi connectivity index (χ0v) is 8.48. The van der Waals surface area contributed by atoms with Crippen LogP contribution in [0.5, 0.6) is 0 Å². The van der Waals surface area contributed by atoms with E-state index in [1.807, 2.05) is 4.98 Å². The van der Waals surface area contributed by atoms with Gasteiger partial charge < -0.3 is 11.5 Å². The molecule has 106 valence electrons. The molecule has 0 amide bonds. The molecule has 0 saturated carbocycles. The van der Waals surface area contributed by atoms with E-state index in [0.29, 0.717) is 5.82 Å². The second-order valence-electron chi connectivity index (χ2n) is 2.78. The molecule has 0 aliphatic rings. The van der Waals surface area contributed by atoms with E-state index in [2.05, 4.69) is 15.0 Å². The Labute approximate surface area is 108 Å². The van der Waals surface area contributed by atoms with Gasteiger partial charge in [-0.25, -0.2) is 19.0 Å². The molecule has 0 aliphatic heterocycles. The number of nitrogens with zero attached hydrogens (tertiary/aromatic N) is 2. The van der Waals surface area contributed by atoms with Crippen LogP contribution in [0.2, 0.25) is 0 Å². The first kappa shape index (κ1) is 18.6. The number of hydrogen-bond donors (Lipinski definition) is 4. The maximum Gasteiger partial charge on any atom is 0.346 e. The maximum absolute atomic E-state index is 12.1. The van der Waals surface area contributed by atoms with Crippen molar-refractivity contribution >= 4 is 11.6 Å². The molecule has 2 aromatic heterocycles. The Morgan fingerprint density at radius 1 is 1.05 bits per heavy atom. The molecule has 2 aromatic rings. The van der Waals surface area contributed by atoms with Crippen LogP contribution in [0.25, 0.3) is 0 Å². The van der Waals surface area contributed by atoms with E-state index in [0.717, 1.165) is 6.20 Å². The van der Waals surface area contributed by atoms with Crippen molar-refractivity contribution in [2.45, 2.75) is 14.9 Å². The topological polar surface area (TPSA) is 144 Å². The fourth-order valence-electron chi connectivity index (χ4n) is 0.775. The van der Waals surface area contributed by atoms with E-state index < -0.39 is 17.2 Å². The SMILES string of the molecule is C.C.Nc1[nH]c(=O)ncc1F.Nc1ccnc(=O)[nH]1. The van der Waals surface area contributed by atoms with Crippen LogP contribution in [0, 0.1) is 5.82 Å². The minimum absolute atomic E-state index is 0. The number of H-pyrrole nitrogens is 2. The van der Waals surface area contributed by atoms with E-state index in [4.69, 9.17) is 11.5 Å². The molecule has 8 nitrogen and oxygen atoms in total. The predicted octanol–water partition coefficient (Wildman–Crippen LogP) is 0.116. The molecule has 0 saturated heterocycles. The molecule has 2 rings (SSSR count). The molecule has 19 heavy (non-hydrogen) atoms. The van der Waals surface area contributed by atoms with Gasteiger partial charge in [-0.15, -0.1) is 0 Å². The highest BCUT2D eigenvalue weighted by Gasteiger charge is 1.95. The Morgan fingerprint density at radius 3 is 2.00 bits per heavy atom. The number of hydrogen-bond acceptors (Lipinski definition) is 6. The number of nitrogens with two attached hydrogens (primary N) is 2. The molecule has 0 spiro atoms. The summed E-state index contributed by atoms with van der Waals surface area (Å²) in [5.74, 6) is -0.658. The van der Waals surface area contributed by atoms with Gasteiger partial charge in [0, 0.05) is 6.20 Å². The molecular weight excluding hydrogens is 255 g/mol. The van der Waals surface area contributed by atoms with Crippen LogP contribution in [-0.2, 0) is 0 Å². The summed E-state index contributed by atoms with van der Waals surface area (Å²) >= 11 is 0. The van der Waals surface area contributed by atoms with E-state index in [-0.39, 0.29) is 20.7 Å². The van der Waals surface area contributed by atoms with Crippen molar-refractivity contribution in [2.75, 3.05) is 11.5 Å². The quantitative estimate of drug-likeness (QED) is 0.536. The lowest BCUT2D eigenvalue weighted by molar-refractivity contribution is 0.617. The lowest BCUT2D eigenvalue weighted by Crippen LogP contribution is -2.12. The zero-order valence-electron chi connectivity index (χ0n) is 8.48. The highest BCUT2D eigenvalue weighted by Crippen LogP contribution is 1.96. The molecule has 0 unspecified atom stereocenters. The highest BCUT2D eigenvalue weighted by atomic mass is 19.1. The highest BCUT2D eigenvalue weighted by molar-refractivity contribution is 5.25. The summed E-state index contributed by atoms with van der Waals surface area (Å²) in [6, 6.07) is 1.52. The van der Waals surface area contributed by atoms with Gasteiger partial charge in [0.05, 0.1) is 6.20 Å². The third-order valence-electron chi connectivity index (χ3n) is 1.49. The van der Waals surface area contributed by atoms with Gasteiger partial charge in [0.2, 0.25) is 0 Å². The first-order chi connectivity index (χ1) is 7.99. The first-order valence-electron chi connectivity index (χ1n) is 4.30. The van der Waals surface area contributed by atoms with Gasteiger partial charge in [0.15, 0.2) is 5.82 Å². The Morgan fingerprint density at radius 2 is 1.63 bits per heavy atom. The molecule has 0 aliphatic carbocycles. The molecule has 0 fully saturated rings. The van der Waals surface area contributed by atoms with Crippen molar-refractivity contribution in [3.8, 4) is 0 Å². The molecule has 0 aromatic carbocycles. The Kier molecular flexibility index (Phi) is 8.24. The fourth-order valence-corrected chi connectivity index (χ4v) is 0.775. The van der Waals surface area contributed by atoms with Crippen LogP contribution in [0.3, 0.4) is 0 Å². The van der Waals surface area contributed by atoms with Gasteiger partial charge in [-0.1, -0.05) is 14.9 Å². The maximum atomic E-state index is 12.1. The number of nitrogens with one attached hydrogen (secondary N) is 2. The van der Waals surface area contributed by atoms with Gasteiger partial charge >= 0.3 is 11.4 Å².